The van der Waals surface area contributed by atoms with Crippen molar-refractivity contribution in [3.63, 3.8) is 0 Å². The molecule has 1 aromatic heterocycles. The van der Waals surface area contributed by atoms with Gasteiger partial charge >= 0.3 is 0 Å². The maximum atomic E-state index is 5.67. The summed E-state index contributed by atoms with van der Waals surface area (Å²) in [6.45, 7) is 1.44. The number of aromatic nitrogens is 2. The van der Waals surface area contributed by atoms with Crippen molar-refractivity contribution in [2.24, 2.45) is 0 Å². The minimum atomic E-state index is 0.671. The second-order valence-corrected chi connectivity index (χ2v) is 3.92. The first kappa shape index (κ1) is 9.42. The second kappa shape index (κ2) is 3.64. The van der Waals surface area contributed by atoms with Crippen molar-refractivity contribution in [2.45, 2.75) is 13.0 Å². The van der Waals surface area contributed by atoms with Crippen LogP contribution in [0.3, 0.4) is 0 Å². The zero-order chi connectivity index (χ0) is 11.0. The molecular formula is C12H13N3O. The maximum absolute atomic E-state index is 5.67. The maximum Gasteiger partial charge on any atom is 0.0750 e. The lowest BCUT2D eigenvalue weighted by atomic mass is 10.1. The number of fused-ring (bicyclic) bond motifs is 1. The third-order valence-corrected chi connectivity index (χ3v) is 2.83. The van der Waals surface area contributed by atoms with E-state index < -0.39 is 0 Å². The van der Waals surface area contributed by atoms with E-state index in [1.54, 1.807) is 0 Å². The summed E-state index contributed by atoms with van der Waals surface area (Å²) in [6.07, 6.45) is 2.80. The van der Waals surface area contributed by atoms with Gasteiger partial charge in [-0.25, -0.2) is 4.68 Å². The Kier molecular flexibility index (Phi) is 2.15. The average Bonchev–Trinajstić information content (AvgIpc) is 2.74. The predicted molar refractivity (Wildman–Crippen MR) is 61.3 cm³/mol. The van der Waals surface area contributed by atoms with Crippen molar-refractivity contribution in [3.8, 4) is 5.69 Å². The van der Waals surface area contributed by atoms with Gasteiger partial charge in [-0.2, -0.15) is 5.10 Å². The lowest BCUT2D eigenvalue weighted by Crippen LogP contribution is -2.12. The molecule has 0 saturated heterocycles. The number of nitrogens with two attached hydrogens (primary N) is 1. The van der Waals surface area contributed by atoms with Gasteiger partial charge in [-0.05, 0) is 24.3 Å². The molecule has 2 heterocycles. The highest BCUT2D eigenvalue weighted by Crippen LogP contribution is 2.20. The van der Waals surface area contributed by atoms with Gasteiger partial charge in [0.25, 0.3) is 0 Å². The number of hydrogen-bond acceptors (Lipinski definition) is 3. The number of anilines is 1. The highest BCUT2D eigenvalue weighted by atomic mass is 16.5. The molecule has 2 aromatic rings. The molecule has 0 aliphatic carbocycles. The molecule has 1 aliphatic rings. The van der Waals surface area contributed by atoms with Gasteiger partial charge in [0.1, 0.15) is 0 Å². The van der Waals surface area contributed by atoms with Crippen molar-refractivity contribution in [1.82, 2.24) is 9.78 Å². The Morgan fingerprint density at radius 2 is 2.06 bits per heavy atom. The van der Waals surface area contributed by atoms with Crippen LogP contribution in [0.15, 0.2) is 30.5 Å². The van der Waals surface area contributed by atoms with E-state index in [2.05, 4.69) is 5.10 Å². The standard InChI is InChI=1S/C12H13N3O/c13-10-1-3-11(4-2-10)15-12-5-6-16-8-9(12)7-14-15/h1-4,7H,5-6,8,13H2. The Bertz CT molecular complexity index is 501. The molecule has 2 N–H and O–H groups in total. The Balaban J connectivity index is 2.06. The lowest BCUT2D eigenvalue weighted by molar-refractivity contribution is 0.109. The quantitative estimate of drug-likeness (QED) is 0.734. The summed E-state index contributed by atoms with van der Waals surface area (Å²) in [5.74, 6) is 0. The Hall–Kier alpha value is -1.81. The van der Waals surface area contributed by atoms with Crippen molar-refractivity contribution >= 4 is 5.69 Å². The van der Waals surface area contributed by atoms with Gasteiger partial charge in [-0.1, -0.05) is 0 Å². The fourth-order valence-electron chi connectivity index (χ4n) is 1.98. The number of rotatable bonds is 1. The number of nitrogen functional groups attached to an aromatic ring is 1. The zero-order valence-electron chi connectivity index (χ0n) is 8.89. The first-order chi connectivity index (χ1) is 7.84. The molecule has 0 bridgehead atoms. The van der Waals surface area contributed by atoms with Crippen LogP contribution in [0.1, 0.15) is 11.3 Å². The molecule has 3 rings (SSSR count). The molecule has 4 heteroatoms. The summed E-state index contributed by atoms with van der Waals surface area (Å²) in [5, 5.41) is 4.39. The smallest absolute Gasteiger partial charge is 0.0750 e. The third-order valence-electron chi connectivity index (χ3n) is 2.83. The van der Waals surface area contributed by atoms with Crippen LogP contribution in [0.25, 0.3) is 5.69 Å². The summed E-state index contributed by atoms with van der Waals surface area (Å²) >= 11 is 0. The fourth-order valence-corrected chi connectivity index (χ4v) is 1.98. The monoisotopic (exact) mass is 215 g/mol. The van der Waals surface area contributed by atoms with Crippen molar-refractivity contribution in [3.05, 3.63) is 41.7 Å². The van der Waals surface area contributed by atoms with E-state index in [1.807, 2.05) is 35.1 Å². The molecule has 16 heavy (non-hydrogen) atoms. The highest BCUT2D eigenvalue weighted by Gasteiger charge is 2.15. The van der Waals surface area contributed by atoms with E-state index in [0.29, 0.717) is 6.61 Å². The second-order valence-electron chi connectivity index (χ2n) is 3.92. The third kappa shape index (κ3) is 1.47. The fraction of sp³-hybridized carbons (Fsp3) is 0.250. The molecule has 4 nitrogen and oxygen atoms in total. The van der Waals surface area contributed by atoms with Crippen LogP contribution in [-0.4, -0.2) is 16.4 Å². The molecule has 1 aliphatic heterocycles. The molecule has 0 unspecified atom stereocenters. The molecule has 0 amide bonds. The SMILES string of the molecule is Nc1ccc(-n2ncc3c2CCOC3)cc1. The number of ether oxygens (including phenoxy) is 1. The molecule has 0 atom stereocenters. The van der Waals surface area contributed by atoms with Crippen molar-refractivity contribution < 1.29 is 4.74 Å². The molecule has 0 saturated carbocycles. The van der Waals surface area contributed by atoms with Crippen LogP contribution >= 0.6 is 0 Å². The van der Waals surface area contributed by atoms with Crippen LogP contribution in [0, 0.1) is 0 Å². The molecule has 0 spiro atoms. The summed E-state index contributed by atoms with van der Waals surface area (Å²) < 4.78 is 7.36. The predicted octanol–water partition coefficient (Wildman–Crippen LogP) is 1.53. The molecule has 0 fully saturated rings. The van der Waals surface area contributed by atoms with Gasteiger partial charge in [0.15, 0.2) is 0 Å². The van der Waals surface area contributed by atoms with Crippen LogP contribution in [0.2, 0.25) is 0 Å². The summed E-state index contributed by atoms with van der Waals surface area (Å²) in [6, 6.07) is 7.75. The van der Waals surface area contributed by atoms with Gasteiger partial charge in [0, 0.05) is 17.7 Å². The van der Waals surface area contributed by atoms with Gasteiger partial charge < -0.3 is 10.5 Å². The lowest BCUT2D eigenvalue weighted by Gasteiger charge is -2.14. The average molecular weight is 215 g/mol. The summed E-state index contributed by atoms with van der Waals surface area (Å²) in [7, 11) is 0. The highest BCUT2D eigenvalue weighted by molar-refractivity contribution is 5.45. The number of hydrogen-bond donors (Lipinski definition) is 1. The summed E-state index contributed by atoms with van der Waals surface area (Å²) in [4.78, 5) is 0. The van der Waals surface area contributed by atoms with Crippen molar-refractivity contribution in [1.29, 1.82) is 0 Å². The van der Waals surface area contributed by atoms with Gasteiger partial charge in [-0.3, -0.25) is 0 Å². The first-order valence-corrected chi connectivity index (χ1v) is 5.34. The number of benzene rings is 1. The molecule has 82 valence electrons. The van der Waals surface area contributed by atoms with E-state index in [-0.39, 0.29) is 0 Å². The molecular weight excluding hydrogens is 202 g/mol. The zero-order valence-corrected chi connectivity index (χ0v) is 8.89. The minimum absolute atomic E-state index is 0.671. The topological polar surface area (TPSA) is 53.1 Å². The molecule has 0 radical (unpaired) electrons. The van der Waals surface area contributed by atoms with Crippen molar-refractivity contribution in [2.75, 3.05) is 12.3 Å². The first-order valence-electron chi connectivity index (χ1n) is 5.34. The van der Waals surface area contributed by atoms with E-state index >= 15 is 0 Å². The van der Waals surface area contributed by atoms with Crippen LogP contribution in [-0.2, 0) is 17.8 Å². The Labute approximate surface area is 93.6 Å². The Morgan fingerprint density at radius 3 is 2.88 bits per heavy atom. The normalized spacial score (nSPS) is 14.8. The van der Waals surface area contributed by atoms with E-state index in [0.717, 1.165) is 24.4 Å². The van der Waals surface area contributed by atoms with E-state index in [1.165, 1.54) is 11.3 Å². The van der Waals surface area contributed by atoms with Crippen LogP contribution < -0.4 is 5.73 Å². The summed E-state index contributed by atoms with van der Waals surface area (Å²) in [5.41, 5.74) is 9.92. The van der Waals surface area contributed by atoms with Gasteiger partial charge in [0.2, 0.25) is 0 Å². The van der Waals surface area contributed by atoms with Gasteiger partial charge in [0.05, 0.1) is 30.8 Å². The minimum Gasteiger partial charge on any atom is -0.399 e. The largest absolute Gasteiger partial charge is 0.399 e. The number of nitrogens with zero attached hydrogens (tertiary/aromatic N) is 2. The molecule has 1 aromatic carbocycles. The van der Waals surface area contributed by atoms with Crippen LogP contribution in [0.4, 0.5) is 5.69 Å². The van der Waals surface area contributed by atoms with E-state index in [4.69, 9.17) is 10.5 Å². The Morgan fingerprint density at radius 1 is 1.25 bits per heavy atom. The van der Waals surface area contributed by atoms with Crippen LogP contribution in [0.5, 0.6) is 0 Å². The van der Waals surface area contributed by atoms with Gasteiger partial charge in [-0.15, -0.1) is 0 Å². The van der Waals surface area contributed by atoms with E-state index in [9.17, 15) is 0 Å².